The Morgan fingerprint density at radius 3 is 0.762 bits per heavy atom. The van der Waals surface area contributed by atoms with Gasteiger partial charge in [-0.25, -0.2) is 27.5 Å². The van der Waals surface area contributed by atoms with Crippen LogP contribution in [0, 0.1) is 23.3 Å². The minimum absolute atomic E-state index is 0.00750. The number of hydrogen-bond acceptors (Lipinski definition) is 14. The Hall–Kier alpha value is -7.16. The van der Waals surface area contributed by atoms with Crippen LogP contribution in [0.2, 0.25) is 0 Å². The highest BCUT2D eigenvalue weighted by molar-refractivity contribution is 7.87. The van der Waals surface area contributed by atoms with Crippen molar-refractivity contribution in [2.75, 3.05) is 26.4 Å². The number of nitrogens with zero attached hydrogens (tertiary/aromatic N) is 2. The number of rotatable bonds is 20. The summed E-state index contributed by atoms with van der Waals surface area (Å²) in [6, 6.07) is 17.5. The number of aromatic nitrogens is 4. The minimum Gasteiger partial charge on any atom is -0.354 e. The van der Waals surface area contributed by atoms with Gasteiger partial charge in [-0.2, -0.15) is 33.7 Å². The van der Waals surface area contributed by atoms with Gasteiger partial charge in [0.05, 0.1) is 68.8 Å². The third-order valence-electron chi connectivity index (χ3n) is 12.5. The van der Waals surface area contributed by atoms with E-state index in [2.05, 4.69) is 9.97 Å². The zero-order valence-corrected chi connectivity index (χ0v) is 46.4. The molecule has 8 bridgehead atoms. The molecule has 0 saturated heterocycles. The molecule has 3 aromatic heterocycles. The Kier molecular flexibility index (Phi) is 16.6. The fourth-order valence-electron chi connectivity index (χ4n) is 8.79. The van der Waals surface area contributed by atoms with Crippen LogP contribution in [0.3, 0.4) is 0 Å². The quantitative estimate of drug-likeness (QED) is 0.0534. The van der Waals surface area contributed by atoms with Crippen molar-refractivity contribution in [1.82, 2.24) is 19.9 Å². The summed E-state index contributed by atoms with van der Waals surface area (Å²) in [4.78, 5) is 14.4. The highest BCUT2D eigenvalue weighted by Gasteiger charge is 2.28. The Morgan fingerprint density at radius 1 is 0.350 bits per heavy atom. The lowest BCUT2D eigenvalue weighted by atomic mass is 10.0. The molecule has 5 heterocycles. The molecule has 2 aliphatic heterocycles. The molecule has 0 atom stereocenters. The maximum absolute atomic E-state index is 16.7. The predicted octanol–water partition coefficient (Wildman–Crippen LogP) is 12.3. The van der Waals surface area contributed by atoms with Crippen LogP contribution in [-0.4, -0.2) is 80.0 Å². The fourth-order valence-corrected chi connectivity index (χ4v) is 12.9. The highest BCUT2D eigenvalue weighted by Crippen LogP contribution is 2.42. The van der Waals surface area contributed by atoms with E-state index in [4.69, 9.17) is 26.7 Å². The first-order valence-electron chi connectivity index (χ1n) is 25.0. The van der Waals surface area contributed by atoms with E-state index in [1.807, 2.05) is 0 Å². The molecule has 0 unspecified atom stereocenters. The maximum Gasteiger partial charge on any atom is 0.296 e. The second-order valence-electron chi connectivity index (χ2n) is 18.2. The monoisotopic (exact) mass is 1170 g/mol. The third kappa shape index (κ3) is 11.6. The first-order chi connectivity index (χ1) is 38.1. The highest BCUT2D eigenvalue weighted by atomic mass is 32.2. The zero-order chi connectivity index (χ0) is 57.3. The number of H-pyrrole nitrogens is 2. The van der Waals surface area contributed by atoms with E-state index >= 15 is 17.6 Å². The Labute approximate surface area is 459 Å². The Morgan fingerprint density at radius 2 is 0.562 bits per heavy atom. The average Bonchev–Trinajstić information content (AvgIpc) is 4.32. The van der Waals surface area contributed by atoms with Gasteiger partial charge in [0.15, 0.2) is 0 Å². The van der Waals surface area contributed by atoms with Gasteiger partial charge >= 0.3 is 0 Å². The number of fused-ring (bicyclic) bond motifs is 8. The van der Waals surface area contributed by atoms with Crippen LogP contribution in [0.1, 0.15) is 76.2 Å². The molecular weight excluding hydrogens is 1120 g/mol. The molecule has 24 heteroatoms. The van der Waals surface area contributed by atoms with E-state index in [1.165, 1.54) is 48.6 Å². The van der Waals surface area contributed by atoms with Crippen LogP contribution in [-0.2, 0) is 57.2 Å². The SMILES string of the molecule is CCCOS(=O)(=O)c1ccc(F)c(-c2c3nc(c(-c4cc(S(=O)(=O)OCCC)ccc4F)c4ccc([nH]4)c(-c4cc(S(=O)(=O)OCCC)ccc4F)c4nc(c(-c5cc(S(=O)(=O)OCCC)ccc5F)c5ccc2[nH]5)C=C4)C=C3)c1. The molecule has 0 saturated carbocycles. The molecule has 0 amide bonds. The van der Waals surface area contributed by atoms with Crippen molar-refractivity contribution in [3.63, 3.8) is 0 Å². The fraction of sp³-hybridized carbons (Fsp3) is 0.214. The number of aromatic amines is 2. The summed E-state index contributed by atoms with van der Waals surface area (Å²) >= 11 is 0. The molecule has 80 heavy (non-hydrogen) atoms. The predicted molar refractivity (Wildman–Crippen MR) is 294 cm³/mol. The summed E-state index contributed by atoms with van der Waals surface area (Å²) in [5, 5.41) is 0. The summed E-state index contributed by atoms with van der Waals surface area (Å²) in [5.41, 5.74) is -2.14. The van der Waals surface area contributed by atoms with Gasteiger partial charge in [0.2, 0.25) is 0 Å². The summed E-state index contributed by atoms with van der Waals surface area (Å²) in [7, 11) is -18.0. The van der Waals surface area contributed by atoms with Gasteiger partial charge in [-0.1, -0.05) is 27.7 Å². The lowest BCUT2D eigenvalue weighted by Crippen LogP contribution is -2.08. The molecule has 9 rings (SSSR count). The van der Waals surface area contributed by atoms with Gasteiger partial charge in [-0.15, -0.1) is 0 Å². The Balaban J connectivity index is 1.49. The summed E-state index contributed by atoms with van der Waals surface area (Å²) < 4.78 is 196. The van der Waals surface area contributed by atoms with Crippen LogP contribution in [0.25, 0.3) is 90.9 Å². The van der Waals surface area contributed by atoms with Crippen LogP contribution in [0.5, 0.6) is 0 Å². The topological polar surface area (TPSA) is 231 Å². The molecule has 0 fully saturated rings. The molecule has 2 aliphatic rings. The van der Waals surface area contributed by atoms with Crippen molar-refractivity contribution >= 4 is 86.8 Å². The Bertz CT molecular complexity index is 3790. The van der Waals surface area contributed by atoms with Gasteiger partial charge in [-0.05, 0) is 147 Å². The molecule has 0 spiro atoms. The molecule has 0 radical (unpaired) electrons. The van der Waals surface area contributed by atoms with Crippen molar-refractivity contribution in [2.24, 2.45) is 0 Å². The number of nitrogens with one attached hydrogen (secondary N) is 2. The molecular formula is C56H50F4N4O12S4. The molecule has 4 aromatic carbocycles. The van der Waals surface area contributed by atoms with Gasteiger partial charge < -0.3 is 9.97 Å². The smallest absolute Gasteiger partial charge is 0.296 e. The van der Waals surface area contributed by atoms with Gasteiger partial charge in [0.1, 0.15) is 23.3 Å². The van der Waals surface area contributed by atoms with E-state index in [1.54, 1.807) is 27.7 Å². The molecule has 2 N–H and O–H groups in total. The maximum atomic E-state index is 16.7. The van der Waals surface area contributed by atoms with E-state index in [0.717, 1.165) is 72.8 Å². The number of halogens is 4. The number of hydrogen-bond donors (Lipinski definition) is 2. The molecule has 7 aromatic rings. The third-order valence-corrected chi connectivity index (χ3v) is 17.7. The van der Waals surface area contributed by atoms with Crippen LogP contribution in [0.15, 0.2) is 117 Å². The first kappa shape index (κ1) is 57.5. The second-order valence-corrected chi connectivity index (χ2v) is 24.6. The van der Waals surface area contributed by atoms with Crippen molar-refractivity contribution in [1.29, 1.82) is 0 Å². The van der Waals surface area contributed by atoms with Crippen molar-refractivity contribution < 1.29 is 68.0 Å². The summed E-state index contributed by atoms with van der Waals surface area (Å²) in [6.45, 7) is 5.98. The van der Waals surface area contributed by atoms with E-state index < -0.39 is 83.3 Å². The van der Waals surface area contributed by atoms with E-state index in [9.17, 15) is 33.7 Å². The average molecular weight is 1180 g/mol. The van der Waals surface area contributed by atoms with Crippen LogP contribution in [0.4, 0.5) is 17.6 Å². The van der Waals surface area contributed by atoms with Crippen LogP contribution >= 0.6 is 0 Å². The van der Waals surface area contributed by atoms with E-state index in [-0.39, 0.29) is 116 Å². The van der Waals surface area contributed by atoms with Gasteiger partial charge in [0.25, 0.3) is 40.5 Å². The lowest BCUT2D eigenvalue weighted by molar-refractivity contribution is 0.317. The van der Waals surface area contributed by atoms with Crippen LogP contribution < -0.4 is 0 Å². The summed E-state index contributed by atoms with van der Waals surface area (Å²) in [6.07, 6.45) is 6.90. The molecule has 418 valence electrons. The minimum atomic E-state index is -4.50. The summed E-state index contributed by atoms with van der Waals surface area (Å²) in [5.74, 6) is -3.81. The molecule has 16 nitrogen and oxygen atoms in total. The van der Waals surface area contributed by atoms with Crippen molar-refractivity contribution in [3.8, 4) is 44.5 Å². The number of benzene rings is 4. The standard InChI is InChI=1S/C56H50F4N4O12S4/c1-5-25-73-77(65,66)33-9-13-41(57)37(29-33)53-45-17-19-47(61-45)54(38-30-34(10-14-42(38)58)78(67,68)74-26-6-2)49-21-23-51(63-49)56(40-32-36(12-16-44(40)60)80(71,72)76-28-8-4)52-24-22-50(64-52)55(48-20-18-46(53)62-48)39-31-35(11-15-43(39)59)79(69,70)75-27-7-3/h9-24,29-32,61,64H,5-8,25-28H2,1-4H3. The first-order valence-corrected chi connectivity index (χ1v) is 30.7. The van der Waals surface area contributed by atoms with Crippen molar-refractivity contribution in [2.45, 2.75) is 73.0 Å². The molecule has 0 aliphatic carbocycles. The normalized spacial score (nSPS) is 12.9. The van der Waals surface area contributed by atoms with E-state index in [0.29, 0.717) is 25.7 Å². The van der Waals surface area contributed by atoms with Gasteiger partial charge in [-0.3, -0.25) is 16.7 Å². The zero-order valence-electron chi connectivity index (χ0n) is 43.1. The second kappa shape index (κ2) is 23.1. The largest absolute Gasteiger partial charge is 0.354 e. The lowest BCUT2D eigenvalue weighted by Gasteiger charge is -2.11. The van der Waals surface area contributed by atoms with Crippen molar-refractivity contribution in [3.05, 3.63) is 143 Å². The van der Waals surface area contributed by atoms with Gasteiger partial charge in [0, 0.05) is 66.6 Å².